The maximum absolute atomic E-state index is 10.8. The predicted octanol–water partition coefficient (Wildman–Crippen LogP) is 1.27. The first-order valence-electron chi connectivity index (χ1n) is 4.22. The molecule has 1 rings (SSSR count). The van der Waals surface area contributed by atoms with Crippen LogP contribution in [-0.4, -0.2) is 20.5 Å². The summed E-state index contributed by atoms with van der Waals surface area (Å²) in [6, 6.07) is 0. The lowest BCUT2D eigenvalue weighted by Crippen LogP contribution is -2.46. The highest BCUT2D eigenvalue weighted by Crippen LogP contribution is 2.36. The van der Waals surface area contributed by atoms with E-state index in [1.807, 2.05) is 0 Å². The van der Waals surface area contributed by atoms with Crippen molar-refractivity contribution in [2.45, 2.75) is 19.4 Å². The molecule has 0 heterocycles. The average molecular weight is 214 g/mol. The largest absolute Gasteiger partial charge is 0.505 e. The zero-order chi connectivity index (χ0) is 11.8. The van der Waals surface area contributed by atoms with E-state index >= 15 is 0 Å². The molecule has 1 aliphatic rings. The molecule has 0 aromatic carbocycles. The van der Waals surface area contributed by atoms with Crippen LogP contribution in [0, 0.1) is 26.1 Å². The second-order valence-corrected chi connectivity index (χ2v) is 3.53. The number of nitrogens with zero attached hydrogens (tertiary/aromatic N) is 2. The van der Waals surface area contributed by atoms with Gasteiger partial charge in [0.25, 0.3) is 11.2 Å². The van der Waals surface area contributed by atoms with E-state index in [9.17, 15) is 25.3 Å². The monoisotopic (exact) mass is 214 g/mol. The quantitative estimate of drug-likeness (QED) is 0.550. The predicted molar refractivity (Wildman–Crippen MR) is 50.4 cm³/mol. The van der Waals surface area contributed by atoms with Crippen molar-refractivity contribution in [3.05, 3.63) is 43.8 Å². The normalized spacial score (nSPS) is 30.4. The van der Waals surface area contributed by atoms with Crippen LogP contribution in [0.2, 0.25) is 0 Å². The number of allylic oxidation sites excluding steroid dienone is 2. The Morgan fingerprint density at radius 2 is 1.93 bits per heavy atom. The highest BCUT2D eigenvalue weighted by Gasteiger charge is 2.54. The Morgan fingerprint density at radius 1 is 1.40 bits per heavy atom. The molecule has 82 valence electrons. The number of hydrogen-bond donors (Lipinski definition) is 1. The van der Waals surface area contributed by atoms with Crippen LogP contribution < -0.4 is 0 Å². The number of hydrogen-bond acceptors (Lipinski definition) is 5. The van der Waals surface area contributed by atoms with Gasteiger partial charge in [-0.05, 0) is 13.0 Å². The minimum absolute atomic E-state index is 0.271. The summed E-state index contributed by atoms with van der Waals surface area (Å²) >= 11 is 0. The van der Waals surface area contributed by atoms with Crippen LogP contribution in [0.25, 0.3) is 0 Å². The highest BCUT2D eigenvalue weighted by atomic mass is 16.6. The molecule has 7 nitrogen and oxygen atoms in total. The van der Waals surface area contributed by atoms with Gasteiger partial charge in [-0.1, -0.05) is 0 Å². The van der Waals surface area contributed by atoms with Gasteiger partial charge in [-0.15, -0.1) is 0 Å². The van der Waals surface area contributed by atoms with Crippen LogP contribution in [0.3, 0.4) is 0 Å². The second-order valence-electron chi connectivity index (χ2n) is 3.53. The molecule has 1 N–H and O–H groups in total. The topological polar surface area (TPSA) is 107 Å². The molecule has 15 heavy (non-hydrogen) atoms. The SMILES string of the molecule is CC1C([N+](=O)[O-])=CC=C(O)C1(C)[N+](=O)[O-]. The summed E-state index contributed by atoms with van der Waals surface area (Å²) in [6.45, 7) is 2.51. The third-order valence-electron chi connectivity index (χ3n) is 2.81. The maximum Gasteiger partial charge on any atom is 0.287 e. The molecule has 0 saturated heterocycles. The van der Waals surface area contributed by atoms with Crippen molar-refractivity contribution >= 4 is 0 Å². The molecule has 0 radical (unpaired) electrons. The molecule has 2 unspecified atom stereocenters. The van der Waals surface area contributed by atoms with Crippen molar-refractivity contribution in [3.8, 4) is 0 Å². The van der Waals surface area contributed by atoms with Crippen LogP contribution in [0.4, 0.5) is 0 Å². The smallest absolute Gasteiger partial charge is 0.287 e. The van der Waals surface area contributed by atoms with E-state index < -0.39 is 27.1 Å². The van der Waals surface area contributed by atoms with Crippen LogP contribution in [0.15, 0.2) is 23.6 Å². The van der Waals surface area contributed by atoms with Gasteiger partial charge in [0.15, 0.2) is 5.76 Å². The highest BCUT2D eigenvalue weighted by molar-refractivity contribution is 5.27. The van der Waals surface area contributed by atoms with Gasteiger partial charge in [-0.3, -0.25) is 20.2 Å². The summed E-state index contributed by atoms with van der Waals surface area (Å²) in [6.07, 6.45) is 2.09. The lowest BCUT2D eigenvalue weighted by atomic mass is 9.80. The Morgan fingerprint density at radius 3 is 2.33 bits per heavy atom. The lowest BCUT2D eigenvalue weighted by molar-refractivity contribution is -0.575. The summed E-state index contributed by atoms with van der Waals surface area (Å²) < 4.78 is 0. The van der Waals surface area contributed by atoms with Gasteiger partial charge < -0.3 is 5.11 Å². The van der Waals surface area contributed by atoms with Gasteiger partial charge in [-0.25, -0.2) is 0 Å². The maximum atomic E-state index is 10.8. The van der Waals surface area contributed by atoms with E-state index in [0.29, 0.717) is 0 Å². The number of aliphatic hydroxyl groups excluding tert-OH is 1. The minimum Gasteiger partial charge on any atom is -0.505 e. The van der Waals surface area contributed by atoms with Gasteiger partial charge in [0.2, 0.25) is 0 Å². The molecule has 0 bridgehead atoms. The summed E-state index contributed by atoms with van der Waals surface area (Å²) in [4.78, 5) is 20.0. The molecule has 0 amide bonds. The minimum atomic E-state index is -1.82. The van der Waals surface area contributed by atoms with E-state index in [2.05, 4.69) is 0 Å². The van der Waals surface area contributed by atoms with Gasteiger partial charge in [0.1, 0.15) is 5.92 Å². The van der Waals surface area contributed by atoms with Crippen molar-refractivity contribution in [3.63, 3.8) is 0 Å². The molecular formula is C8H10N2O5. The molecule has 2 atom stereocenters. The van der Waals surface area contributed by atoms with E-state index in [1.54, 1.807) is 0 Å². The first kappa shape index (κ1) is 11.2. The number of aliphatic hydroxyl groups is 1. The third kappa shape index (κ3) is 1.45. The molecule has 0 saturated carbocycles. The zero-order valence-electron chi connectivity index (χ0n) is 8.21. The van der Waals surface area contributed by atoms with Crippen LogP contribution >= 0.6 is 0 Å². The van der Waals surface area contributed by atoms with Crippen LogP contribution in [0.5, 0.6) is 0 Å². The number of nitro groups is 2. The fourth-order valence-electron chi connectivity index (χ4n) is 1.46. The fraction of sp³-hybridized carbons (Fsp3) is 0.500. The molecule has 0 aliphatic heterocycles. The standard InChI is InChI=1S/C8H10N2O5/c1-5-6(9(12)13)3-4-7(11)8(5,2)10(14)15/h3-5,11H,1-2H3. The fourth-order valence-corrected chi connectivity index (χ4v) is 1.46. The Kier molecular flexibility index (Phi) is 2.48. The van der Waals surface area contributed by atoms with Crippen molar-refractivity contribution in [1.29, 1.82) is 0 Å². The van der Waals surface area contributed by atoms with Crippen molar-refractivity contribution in [2.75, 3.05) is 0 Å². The number of rotatable bonds is 2. The van der Waals surface area contributed by atoms with E-state index in [0.717, 1.165) is 12.2 Å². The van der Waals surface area contributed by atoms with E-state index in [-0.39, 0.29) is 5.70 Å². The summed E-state index contributed by atoms with van der Waals surface area (Å²) in [5.74, 6) is -1.45. The molecule has 0 fully saturated rings. The van der Waals surface area contributed by atoms with Gasteiger partial charge in [-0.2, -0.15) is 0 Å². The van der Waals surface area contributed by atoms with Crippen molar-refractivity contribution in [1.82, 2.24) is 0 Å². The van der Waals surface area contributed by atoms with Crippen molar-refractivity contribution < 1.29 is 15.0 Å². The molecule has 7 heteroatoms. The Balaban J connectivity index is 3.27. The molecule has 0 aromatic rings. The summed E-state index contributed by atoms with van der Waals surface area (Å²) in [5.41, 5.74) is -2.09. The third-order valence-corrected chi connectivity index (χ3v) is 2.81. The molecular weight excluding hydrogens is 204 g/mol. The zero-order valence-corrected chi connectivity index (χ0v) is 8.21. The van der Waals surface area contributed by atoms with Crippen LogP contribution in [0.1, 0.15) is 13.8 Å². The molecule has 0 aromatic heterocycles. The first-order valence-corrected chi connectivity index (χ1v) is 4.22. The second kappa shape index (κ2) is 3.34. The Hall–Kier alpha value is -1.92. The Labute approximate surface area is 85.0 Å². The average Bonchev–Trinajstić information content (AvgIpc) is 2.13. The Bertz CT molecular complexity index is 386. The van der Waals surface area contributed by atoms with Gasteiger partial charge >= 0.3 is 0 Å². The lowest BCUT2D eigenvalue weighted by Gasteiger charge is -2.26. The first-order chi connectivity index (χ1) is 6.81. The van der Waals surface area contributed by atoms with Crippen molar-refractivity contribution in [2.24, 2.45) is 5.92 Å². The van der Waals surface area contributed by atoms with Crippen LogP contribution in [-0.2, 0) is 0 Å². The summed E-state index contributed by atoms with van der Waals surface area (Å²) in [7, 11) is 0. The van der Waals surface area contributed by atoms with E-state index in [4.69, 9.17) is 0 Å². The van der Waals surface area contributed by atoms with Gasteiger partial charge in [0.05, 0.1) is 4.92 Å². The summed E-state index contributed by atoms with van der Waals surface area (Å²) in [5, 5.41) is 30.8. The van der Waals surface area contributed by atoms with Gasteiger partial charge in [0, 0.05) is 17.9 Å². The molecule has 0 spiro atoms. The molecule has 1 aliphatic carbocycles. The van der Waals surface area contributed by atoms with E-state index in [1.165, 1.54) is 13.8 Å².